The molecule has 0 aromatic heterocycles. The Morgan fingerprint density at radius 1 is 0.667 bits per heavy atom. The van der Waals surface area contributed by atoms with Crippen molar-refractivity contribution in [2.45, 2.75) is 18.9 Å². The number of nitrogens with zero attached hydrogens (tertiary/aromatic N) is 1. The predicted octanol–water partition coefficient (Wildman–Crippen LogP) is 2.25. The maximum Gasteiger partial charge on any atom is 0.265 e. The van der Waals surface area contributed by atoms with E-state index in [0.717, 1.165) is 15.9 Å². The summed E-state index contributed by atoms with van der Waals surface area (Å²) in [6.07, 6.45) is 0.661. The molecule has 148 valence electrons. The average Bonchev–Trinajstić information content (AvgIpc) is 3.30. The molecule has 30 heavy (non-hydrogen) atoms. The van der Waals surface area contributed by atoms with E-state index in [2.05, 4.69) is 0 Å². The lowest BCUT2D eigenvalue weighted by Crippen LogP contribution is -2.37. The van der Waals surface area contributed by atoms with E-state index in [-0.39, 0.29) is 23.4 Å². The highest BCUT2D eigenvalue weighted by Gasteiger charge is 2.53. The van der Waals surface area contributed by atoms with Crippen LogP contribution in [0.2, 0.25) is 0 Å². The lowest BCUT2D eigenvalue weighted by Gasteiger charge is -2.30. The standard InChI is InChI=1S/C25H20NO3P/c27-22-17-16-21-23(28)24(25(29)26(21)22)30(18-10-4-1-5-11-18,19-12-6-2-7-13-19)20-14-8-3-9-15-20/h1-15,21H,16-17H2/t21-/m0/s1. The first-order chi connectivity index (χ1) is 14.7. The van der Waals surface area contributed by atoms with Gasteiger partial charge in [-0.05, 0) is 29.2 Å². The molecule has 3 aromatic rings. The van der Waals surface area contributed by atoms with Crippen molar-refractivity contribution in [3.05, 3.63) is 91.0 Å². The van der Waals surface area contributed by atoms with Crippen LogP contribution in [-0.4, -0.2) is 33.8 Å². The van der Waals surface area contributed by atoms with E-state index < -0.39 is 18.8 Å². The molecule has 0 aliphatic carbocycles. The van der Waals surface area contributed by atoms with Crippen molar-refractivity contribution in [2.24, 2.45) is 0 Å². The molecule has 2 amide bonds. The van der Waals surface area contributed by atoms with Gasteiger partial charge in [0.2, 0.25) is 5.91 Å². The summed E-state index contributed by atoms with van der Waals surface area (Å²) in [6.45, 7) is -2.77. The maximum atomic E-state index is 13.7. The quantitative estimate of drug-likeness (QED) is 0.489. The molecule has 2 fully saturated rings. The molecule has 3 aromatic carbocycles. The number of rotatable bonds is 3. The van der Waals surface area contributed by atoms with Crippen molar-refractivity contribution in [1.82, 2.24) is 4.90 Å². The Morgan fingerprint density at radius 3 is 1.50 bits per heavy atom. The van der Waals surface area contributed by atoms with Crippen molar-refractivity contribution in [3.63, 3.8) is 0 Å². The summed E-state index contributed by atoms with van der Waals surface area (Å²) in [6, 6.07) is 28.7. The number of carbonyl (C=O) groups is 3. The van der Waals surface area contributed by atoms with Crippen LogP contribution in [0.15, 0.2) is 91.0 Å². The average molecular weight is 413 g/mol. The molecule has 0 N–H and O–H groups in total. The number of amides is 2. The van der Waals surface area contributed by atoms with Gasteiger partial charge in [0.1, 0.15) is 6.04 Å². The molecule has 1 atom stereocenters. The van der Waals surface area contributed by atoms with Crippen LogP contribution in [0.1, 0.15) is 12.8 Å². The van der Waals surface area contributed by atoms with Crippen LogP contribution in [0, 0.1) is 0 Å². The molecule has 2 aliphatic rings. The van der Waals surface area contributed by atoms with Gasteiger partial charge in [-0.2, -0.15) is 0 Å². The number of benzene rings is 3. The fraction of sp³-hybridized carbons (Fsp3) is 0.120. The number of Topliss-reactive ketones (excluding diaryl/α,β-unsaturated/α-hetero) is 1. The van der Waals surface area contributed by atoms with Crippen LogP contribution in [0.5, 0.6) is 0 Å². The minimum absolute atomic E-state index is 0.198. The summed E-state index contributed by atoms with van der Waals surface area (Å²) in [4.78, 5) is 41.0. The molecule has 5 rings (SSSR count). The van der Waals surface area contributed by atoms with Crippen LogP contribution in [0.3, 0.4) is 0 Å². The summed E-state index contributed by atoms with van der Waals surface area (Å²) in [5.74, 6) is -0.867. The Bertz CT molecular complexity index is 1100. The highest BCUT2D eigenvalue weighted by molar-refractivity contribution is 7.97. The number of imide groups is 1. The van der Waals surface area contributed by atoms with Crippen LogP contribution in [0.25, 0.3) is 0 Å². The molecule has 0 saturated carbocycles. The second-order valence-corrected chi connectivity index (χ2v) is 10.9. The van der Waals surface area contributed by atoms with Gasteiger partial charge in [-0.25, -0.2) is 0 Å². The van der Waals surface area contributed by atoms with E-state index >= 15 is 0 Å². The van der Waals surface area contributed by atoms with Crippen molar-refractivity contribution in [3.8, 4) is 0 Å². The van der Waals surface area contributed by atoms with Crippen LogP contribution in [-0.2, 0) is 14.4 Å². The number of ketones is 1. The topological polar surface area (TPSA) is 54.5 Å². The molecule has 4 nitrogen and oxygen atoms in total. The minimum atomic E-state index is -2.77. The van der Waals surface area contributed by atoms with Crippen molar-refractivity contribution >= 4 is 45.7 Å². The van der Waals surface area contributed by atoms with E-state index in [0.29, 0.717) is 6.42 Å². The SMILES string of the molecule is O=C1C(=P(c2ccccc2)(c2ccccc2)c2ccccc2)C(=O)N2C(=O)CC[C@@H]12. The van der Waals surface area contributed by atoms with Gasteiger partial charge >= 0.3 is 0 Å². The second kappa shape index (κ2) is 7.23. The number of hydrogen-bond donors (Lipinski definition) is 0. The van der Waals surface area contributed by atoms with Gasteiger partial charge in [0.15, 0.2) is 5.78 Å². The first kappa shape index (κ1) is 18.8. The monoisotopic (exact) mass is 413 g/mol. The summed E-state index contributed by atoms with van der Waals surface area (Å²) >= 11 is 0. The van der Waals surface area contributed by atoms with Crippen molar-refractivity contribution < 1.29 is 14.4 Å². The Morgan fingerprint density at radius 2 is 1.10 bits per heavy atom. The van der Waals surface area contributed by atoms with E-state index in [1.54, 1.807) is 0 Å². The van der Waals surface area contributed by atoms with E-state index in [1.807, 2.05) is 91.0 Å². The molecule has 0 radical (unpaired) electrons. The fourth-order valence-corrected chi connectivity index (χ4v) is 9.06. The summed E-state index contributed by atoms with van der Waals surface area (Å²) in [7, 11) is 0. The van der Waals surface area contributed by atoms with Gasteiger partial charge in [-0.3, -0.25) is 19.3 Å². The molecular weight excluding hydrogens is 393 g/mol. The first-order valence-corrected chi connectivity index (χ1v) is 11.8. The lowest BCUT2D eigenvalue weighted by molar-refractivity contribution is -0.139. The van der Waals surface area contributed by atoms with Gasteiger partial charge in [0.25, 0.3) is 5.91 Å². The molecule has 0 bridgehead atoms. The maximum absolute atomic E-state index is 13.7. The molecule has 0 unspecified atom stereocenters. The summed E-state index contributed by atoms with van der Waals surface area (Å²) < 4.78 is 0. The van der Waals surface area contributed by atoms with Gasteiger partial charge < -0.3 is 0 Å². The Hall–Kier alpha value is -3.23. The van der Waals surface area contributed by atoms with Crippen LogP contribution in [0.4, 0.5) is 0 Å². The normalized spacial score (nSPS) is 18.8. The highest BCUT2D eigenvalue weighted by atomic mass is 31.2. The zero-order valence-corrected chi connectivity index (χ0v) is 17.2. The van der Waals surface area contributed by atoms with E-state index in [4.69, 9.17) is 0 Å². The van der Waals surface area contributed by atoms with Crippen molar-refractivity contribution in [2.75, 3.05) is 0 Å². The Labute approximate surface area is 175 Å². The highest BCUT2D eigenvalue weighted by Crippen LogP contribution is 2.49. The largest absolute Gasteiger partial charge is 0.292 e. The minimum Gasteiger partial charge on any atom is -0.292 e. The molecule has 0 spiro atoms. The van der Waals surface area contributed by atoms with E-state index in [9.17, 15) is 14.4 Å². The zero-order valence-electron chi connectivity index (χ0n) is 16.3. The summed E-state index contributed by atoms with van der Waals surface area (Å²) in [5, 5.41) is 3.08. The third-order valence-corrected chi connectivity index (χ3v) is 10.2. The molecular formula is C25H20NO3P. The lowest BCUT2D eigenvalue weighted by atomic mass is 10.1. The molecule has 2 saturated heterocycles. The van der Waals surface area contributed by atoms with Gasteiger partial charge in [0.05, 0.1) is 5.29 Å². The van der Waals surface area contributed by atoms with E-state index in [1.165, 1.54) is 4.90 Å². The van der Waals surface area contributed by atoms with Crippen molar-refractivity contribution in [1.29, 1.82) is 0 Å². The number of hydrogen-bond acceptors (Lipinski definition) is 3. The predicted molar refractivity (Wildman–Crippen MR) is 120 cm³/mol. The molecule has 2 heterocycles. The van der Waals surface area contributed by atoms with Crippen LogP contribution >= 0.6 is 6.89 Å². The van der Waals surface area contributed by atoms with Gasteiger partial charge in [-0.15, -0.1) is 0 Å². The van der Waals surface area contributed by atoms with Crippen LogP contribution < -0.4 is 15.9 Å². The second-order valence-electron chi connectivity index (χ2n) is 7.51. The van der Waals surface area contributed by atoms with Gasteiger partial charge in [-0.1, -0.05) is 91.0 Å². The smallest absolute Gasteiger partial charge is 0.265 e. The number of fused-ring (bicyclic) bond motifs is 1. The molecule has 2 aliphatic heterocycles. The first-order valence-electron chi connectivity index (χ1n) is 9.99. The zero-order chi connectivity index (χ0) is 20.7. The third kappa shape index (κ3) is 2.57. The Balaban J connectivity index is 1.98. The Kier molecular flexibility index (Phi) is 4.52. The number of carbonyl (C=O) groups excluding carboxylic acids is 3. The summed E-state index contributed by atoms with van der Waals surface area (Å²) in [5.41, 5.74) is 0. The van der Waals surface area contributed by atoms with Gasteiger partial charge in [0, 0.05) is 6.42 Å². The molecule has 5 heteroatoms. The third-order valence-electron chi connectivity index (χ3n) is 5.94. The fourth-order valence-electron chi connectivity index (χ4n) is 4.66.